The Morgan fingerprint density at radius 1 is 1.15 bits per heavy atom. The van der Waals surface area contributed by atoms with Crippen LogP contribution in [0.1, 0.15) is 18.4 Å². The molecule has 1 aliphatic heterocycles. The quantitative estimate of drug-likeness (QED) is 0.710. The second-order valence-corrected chi connectivity index (χ2v) is 6.38. The monoisotopic (exact) mass is 345 g/mol. The number of aromatic nitrogens is 2. The fraction of sp³-hybridized carbons (Fsp3) is 0.238. The summed E-state index contributed by atoms with van der Waals surface area (Å²) < 4.78 is 5.54. The molecule has 3 aromatic rings. The van der Waals surface area contributed by atoms with Gasteiger partial charge in [-0.2, -0.15) is 0 Å². The van der Waals surface area contributed by atoms with Gasteiger partial charge in [-0.1, -0.05) is 30.2 Å². The van der Waals surface area contributed by atoms with Crippen LogP contribution in [0.25, 0.3) is 22.0 Å². The third-order valence-corrected chi connectivity index (χ3v) is 4.61. The summed E-state index contributed by atoms with van der Waals surface area (Å²) in [6, 6.07) is 13.3. The average Bonchev–Trinajstić information content (AvgIpc) is 2.69. The maximum Gasteiger partial charge on any atom is 0.156 e. The predicted molar refractivity (Wildman–Crippen MR) is 102 cm³/mol. The lowest BCUT2D eigenvalue weighted by Crippen LogP contribution is -2.30. The average molecular weight is 345 g/mol. The van der Waals surface area contributed by atoms with Gasteiger partial charge >= 0.3 is 0 Å². The number of nitrogens with one attached hydrogen (secondary N) is 1. The minimum Gasteiger partial charge on any atom is -0.507 e. The fourth-order valence-electron chi connectivity index (χ4n) is 3.28. The van der Waals surface area contributed by atoms with Crippen LogP contribution < -0.4 is 5.32 Å². The van der Waals surface area contributed by atoms with Crippen molar-refractivity contribution >= 4 is 16.6 Å². The molecule has 0 spiro atoms. The van der Waals surface area contributed by atoms with Gasteiger partial charge in [0.2, 0.25) is 0 Å². The first-order valence-electron chi connectivity index (χ1n) is 8.66. The largest absolute Gasteiger partial charge is 0.507 e. The highest BCUT2D eigenvalue weighted by Crippen LogP contribution is 2.35. The molecular weight excluding hydrogens is 326 g/mol. The molecule has 2 heterocycles. The first-order valence-corrected chi connectivity index (χ1v) is 8.66. The number of terminal acetylenes is 1. The van der Waals surface area contributed by atoms with Crippen molar-refractivity contribution in [3.05, 3.63) is 48.0 Å². The van der Waals surface area contributed by atoms with Crippen molar-refractivity contribution in [2.45, 2.75) is 18.9 Å². The van der Waals surface area contributed by atoms with E-state index in [2.05, 4.69) is 21.4 Å². The van der Waals surface area contributed by atoms with Gasteiger partial charge < -0.3 is 15.2 Å². The van der Waals surface area contributed by atoms with Crippen molar-refractivity contribution in [3.8, 4) is 29.4 Å². The molecule has 4 rings (SSSR count). The van der Waals surface area contributed by atoms with Gasteiger partial charge in [-0.05, 0) is 31.0 Å². The van der Waals surface area contributed by atoms with E-state index < -0.39 is 0 Å². The number of hydrogen-bond acceptors (Lipinski definition) is 5. The van der Waals surface area contributed by atoms with E-state index in [0.717, 1.165) is 36.0 Å². The Kier molecular flexibility index (Phi) is 4.42. The normalized spacial score (nSPS) is 17.0. The van der Waals surface area contributed by atoms with Crippen molar-refractivity contribution in [3.63, 3.8) is 0 Å². The summed E-state index contributed by atoms with van der Waals surface area (Å²) in [5.41, 5.74) is 1.87. The van der Waals surface area contributed by atoms with Gasteiger partial charge in [-0.15, -0.1) is 16.6 Å². The van der Waals surface area contributed by atoms with Crippen LogP contribution in [0.3, 0.4) is 0 Å². The molecule has 0 radical (unpaired) electrons. The molecule has 1 saturated heterocycles. The van der Waals surface area contributed by atoms with Gasteiger partial charge in [-0.3, -0.25) is 0 Å². The Morgan fingerprint density at radius 3 is 2.73 bits per heavy atom. The fourth-order valence-corrected chi connectivity index (χ4v) is 3.28. The van der Waals surface area contributed by atoms with E-state index in [1.807, 2.05) is 24.3 Å². The number of nitrogens with zero attached hydrogens (tertiary/aromatic N) is 2. The molecule has 0 aliphatic carbocycles. The van der Waals surface area contributed by atoms with Crippen LogP contribution in [0.5, 0.6) is 5.75 Å². The Bertz CT molecular complexity index is 988. The van der Waals surface area contributed by atoms with Crippen molar-refractivity contribution in [2.75, 3.05) is 18.5 Å². The van der Waals surface area contributed by atoms with Crippen LogP contribution in [0.4, 0.5) is 5.82 Å². The standard InChI is InChI=1S/C21H19N3O2/c1-2-14-9-10-18(19(25)12-14)20-16-7-3-4-8-17(16)21(24-23-20)22-15-6-5-11-26-13-15/h1,3-4,7-10,12,15,25H,5-6,11,13H2,(H,22,24)/t15-/m1/s1. The Balaban J connectivity index is 1.78. The van der Waals surface area contributed by atoms with E-state index in [4.69, 9.17) is 11.2 Å². The van der Waals surface area contributed by atoms with Gasteiger partial charge in [0.1, 0.15) is 11.4 Å². The van der Waals surface area contributed by atoms with E-state index in [1.54, 1.807) is 18.2 Å². The SMILES string of the molecule is C#Cc1ccc(-c2nnc(N[C@@H]3CCCOC3)c3ccccc23)c(O)c1. The number of phenolic OH excluding ortho intramolecular Hbond substituents is 1. The number of anilines is 1. The highest BCUT2D eigenvalue weighted by atomic mass is 16.5. The van der Waals surface area contributed by atoms with Crippen LogP contribution in [-0.4, -0.2) is 34.6 Å². The zero-order chi connectivity index (χ0) is 17.9. The van der Waals surface area contributed by atoms with Crippen molar-refractivity contribution in [1.82, 2.24) is 10.2 Å². The third kappa shape index (κ3) is 3.07. The Labute approximate surface area is 152 Å². The Morgan fingerprint density at radius 2 is 2.00 bits per heavy atom. The molecule has 0 amide bonds. The molecular formula is C21H19N3O2. The molecule has 0 bridgehead atoms. The summed E-state index contributed by atoms with van der Waals surface area (Å²) in [6.45, 7) is 1.49. The minimum absolute atomic E-state index is 0.0984. The van der Waals surface area contributed by atoms with E-state index in [-0.39, 0.29) is 11.8 Å². The summed E-state index contributed by atoms with van der Waals surface area (Å²) in [6.07, 6.45) is 7.49. The van der Waals surface area contributed by atoms with Gasteiger partial charge in [0.05, 0.1) is 12.6 Å². The first kappa shape index (κ1) is 16.4. The Hall–Kier alpha value is -3.10. The number of fused-ring (bicyclic) bond motifs is 1. The molecule has 0 saturated carbocycles. The summed E-state index contributed by atoms with van der Waals surface area (Å²) in [5, 5.41) is 24.5. The lowest BCUT2D eigenvalue weighted by Gasteiger charge is -2.24. The summed E-state index contributed by atoms with van der Waals surface area (Å²) in [7, 11) is 0. The zero-order valence-electron chi connectivity index (χ0n) is 14.3. The lowest BCUT2D eigenvalue weighted by molar-refractivity contribution is 0.0875. The molecule has 5 heteroatoms. The maximum atomic E-state index is 10.4. The van der Waals surface area contributed by atoms with Gasteiger partial charge in [0.25, 0.3) is 0 Å². The molecule has 2 aromatic carbocycles. The van der Waals surface area contributed by atoms with Crippen LogP contribution >= 0.6 is 0 Å². The van der Waals surface area contributed by atoms with Crippen LogP contribution in [0.2, 0.25) is 0 Å². The van der Waals surface area contributed by atoms with E-state index in [9.17, 15) is 5.11 Å². The van der Waals surface area contributed by atoms with E-state index in [1.165, 1.54) is 0 Å². The number of ether oxygens (including phenoxy) is 1. The third-order valence-electron chi connectivity index (χ3n) is 4.61. The van der Waals surface area contributed by atoms with Crippen molar-refractivity contribution in [2.24, 2.45) is 0 Å². The predicted octanol–water partition coefficient (Wildman–Crippen LogP) is 3.57. The second kappa shape index (κ2) is 7.03. The smallest absolute Gasteiger partial charge is 0.156 e. The lowest BCUT2D eigenvalue weighted by atomic mass is 10.0. The maximum absolute atomic E-state index is 10.4. The van der Waals surface area contributed by atoms with Crippen molar-refractivity contribution in [1.29, 1.82) is 0 Å². The number of hydrogen-bond donors (Lipinski definition) is 2. The van der Waals surface area contributed by atoms with Gasteiger partial charge in [-0.25, -0.2) is 0 Å². The number of benzene rings is 2. The van der Waals surface area contributed by atoms with Gasteiger partial charge in [0, 0.05) is 28.5 Å². The number of rotatable bonds is 3. The molecule has 1 atom stereocenters. The second-order valence-electron chi connectivity index (χ2n) is 6.38. The molecule has 1 aromatic heterocycles. The summed E-state index contributed by atoms with van der Waals surface area (Å²) >= 11 is 0. The molecule has 1 fully saturated rings. The summed E-state index contributed by atoms with van der Waals surface area (Å²) in [5.74, 6) is 3.35. The molecule has 130 valence electrons. The topological polar surface area (TPSA) is 67.3 Å². The highest BCUT2D eigenvalue weighted by Gasteiger charge is 2.18. The summed E-state index contributed by atoms with van der Waals surface area (Å²) in [4.78, 5) is 0. The van der Waals surface area contributed by atoms with Crippen LogP contribution in [0.15, 0.2) is 42.5 Å². The van der Waals surface area contributed by atoms with E-state index >= 15 is 0 Å². The molecule has 26 heavy (non-hydrogen) atoms. The molecule has 0 unspecified atom stereocenters. The minimum atomic E-state index is 0.0984. The highest BCUT2D eigenvalue weighted by molar-refractivity contribution is 6.00. The van der Waals surface area contributed by atoms with Gasteiger partial charge in [0.15, 0.2) is 5.82 Å². The number of aromatic hydroxyl groups is 1. The van der Waals surface area contributed by atoms with E-state index in [0.29, 0.717) is 23.4 Å². The van der Waals surface area contributed by atoms with Crippen molar-refractivity contribution < 1.29 is 9.84 Å². The molecule has 2 N–H and O–H groups in total. The molecule has 5 nitrogen and oxygen atoms in total. The van der Waals surface area contributed by atoms with Crippen LogP contribution in [0, 0.1) is 12.3 Å². The first-order chi connectivity index (χ1) is 12.8. The zero-order valence-corrected chi connectivity index (χ0v) is 14.3. The van der Waals surface area contributed by atoms with Crippen LogP contribution in [-0.2, 0) is 4.74 Å². The number of phenols is 1. The molecule has 1 aliphatic rings.